The second-order valence-electron chi connectivity index (χ2n) is 4.56. The molecule has 1 aromatic rings. The zero-order valence-corrected chi connectivity index (χ0v) is 12.5. The van der Waals surface area contributed by atoms with Crippen molar-refractivity contribution >= 4 is 10.0 Å². The predicted octanol–water partition coefficient (Wildman–Crippen LogP) is 2.04. The third-order valence-electron chi connectivity index (χ3n) is 3.14. The summed E-state index contributed by atoms with van der Waals surface area (Å²) in [6, 6.07) is 4.77. The van der Waals surface area contributed by atoms with E-state index in [-0.39, 0.29) is 4.90 Å². The van der Waals surface area contributed by atoms with Crippen LogP contribution in [0.4, 0.5) is 0 Å². The zero-order valence-electron chi connectivity index (χ0n) is 11.7. The van der Waals surface area contributed by atoms with Crippen molar-refractivity contribution in [3.8, 4) is 11.5 Å². The number of ether oxygens (including phenoxy) is 2. The molecule has 0 saturated carbocycles. The van der Waals surface area contributed by atoms with Gasteiger partial charge in [0.2, 0.25) is 10.0 Å². The Morgan fingerprint density at radius 2 is 2.10 bits per heavy atom. The maximum absolute atomic E-state index is 12.5. The highest BCUT2D eigenvalue weighted by Gasteiger charge is 2.25. The van der Waals surface area contributed by atoms with Crippen LogP contribution < -0.4 is 9.47 Å². The fourth-order valence-electron chi connectivity index (χ4n) is 1.93. The molecule has 0 bridgehead atoms. The Kier molecular flexibility index (Phi) is 4.67. The van der Waals surface area contributed by atoms with Gasteiger partial charge in [0.1, 0.15) is 16.4 Å². The highest BCUT2D eigenvalue weighted by Crippen LogP contribution is 2.30. The summed E-state index contributed by atoms with van der Waals surface area (Å²) in [5.74, 6) is 0.924. The number of hydrogen-bond acceptors (Lipinski definition) is 4. The van der Waals surface area contributed by atoms with E-state index < -0.39 is 10.0 Å². The molecular formula is C14H19NO4S. The third-order valence-corrected chi connectivity index (χ3v) is 5.00. The molecular weight excluding hydrogens is 278 g/mol. The second kappa shape index (κ2) is 6.28. The number of methoxy groups -OCH3 is 1. The molecule has 0 aromatic heterocycles. The van der Waals surface area contributed by atoms with Crippen LogP contribution in [-0.4, -0.2) is 40.0 Å². The van der Waals surface area contributed by atoms with Gasteiger partial charge >= 0.3 is 0 Å². The monoisotopic (exact) mass is 297 g/mol. The van der Waals surface area contributed by atoms with E-state index in [9.17, 15) is 8.42 Å². The average Bonchev–Trinajstić information content (AvgIpc) is 2.46. The quantitative estimate of drug-likeness (QED) is 0.744. The average molecular weight is 297 g/mol. The van der Waals surface area contributed by atoms with Crippen molar-refractivity contribution in [1.82, 2.24) is 4.31 Å². The van der Waals surface area contributed by atoms with Gasteiger partial charge < -0.3 is 9.47 Å². The number of likely N-dealkylation sites (N-methyl/N-ethyl adjacent to an activating group) is 1. The molecule has 110 valence electrons. The minimum atomic E-state index is -3.56. The topological polar surface area (TPSA) is 55.8 Å². The summed E-state index contributed by atoms with van der Waals surface area (Å²) < 4.78 is 37.1. The van der Waals surface area contributed by atoms with Crippen molar-refractivity contribution in [3.63, 3.8) is 0 Å². The summed E-state index contributed by atoms with van der Waals surface area (Å²) in [4.78, 5) is 0.177. The van der Waals surface area contributed by atoms with Gasteiger partial charge in [-0.25, -0.2) is 8.42 Å². The second-order valence-corrected chi connectivity index (χ2v) is 6.57. The molecule has 0 saturated heterocycles. The maximum Gasteiger partial charge on any atom is 0.246 e. The minimum absolute atomic E-state index is 0.177. The Hall–Kier alpha value is -1.53. The molecule has 0 aliphatic carbocycles. The summed E-state index contributed by atoms with van der Waals surface area (Å²) >= 11 is 0. The van der Waals surface area contributed by atoms with Crippen LogP contribution in [0.3, 0.4) is 0 Å². The summed E-state index contributed by atoms with van der Waals surface area (Å²) in [7, 11) is -0.459. The van der Waals surface area contributed by atoms with Gasteiger partial charge in [-0.15, -0.1) is 0 Å². The molecule has 1 heterocycles. The molecule has 0 amide bonds. The molecule has 0 spiro atoms. The van der Waals surface area contributed by atoms with E-state index in [0.29, 0.717) is 24.7 Å². The number of rotatable bonds is 1. The van der Waals surface area contributed by atoms with Gasteiger partial charge in [0.15, 0.2) is 0 Å². The largest absolute Gasteiger partial charge is 0.497 e. The Morgan fingerprint density at radius 1 is 1.30 bits per heavy atom. The summed E-state index contributed by atoms with van der Waals surface area (Å²) in [6.07, 6.45) is 5.56. The van der Waals surface area contributed by atoms with E-state index in [1.165, 1.54) is 17.5 Å². The van der Waals surface area contributed by atoms with Crippen LogP contribution in [0.25, 0.3) is 0 Å². The number of sulfonamides is 1. The number of fused-ring (bicyclic) bond motifs is 1. The molecule has 0 fully saturated rings. The Bertz CT molecular complexity index is 595. The normalized spacial score (nSPS) is 19.5. The molecule has 0 atom stereocenters. The lowest BCUT2D eigenvalue weighted by Gasteiger charge is -2.18. The lowest BCUT2D eigenvalue weighted by molar-refractivity contribution is 0.301. The highest BCUT2D eigenvalue weighted by molar-refractivity contribution is 7.89. The SMILES string of the molecule is COc1ccc2c(c1)OCCCC=CCN(C)S2(=O)=O. The Balaban J connectivity index is 2.48. The van der Waals surface area contributed by atoms with Crippen molar-refractivity contribution in [1.29, 1.82) is 0 Å². The smallest absolute Gasteiger partial charge is 0.246 e. The van der Waals surface area contributed by atoms with Gasteiger partial charge in [-0.3, -0.25) is 0 Å². The van der Waals surface area contributed by atoms with Gasteiger partial charge in [0.25, 0.3) is 0 Å². The van der Waals surface area contributed by atoms with Crippen molar-refractivity contribution in [2.24, 2.45) is 0 Å². The molecule has 1 aromatic carbocycles. The molecule has 1 aliphatic heterocycles. The number of benzene rings is 1. The molecule has 0 radical (unpaired) electrons. The first-order chi connectivity index (χ1) is 9.55. The van der Waals surface area contributed by atoms with Gasteiger partial charge in [-0.1, -0.05) is 12.2 Å². The molecule has 2 rings (SSSR count). The molecule has 6 heteroatoms. The number of nitrogens with zero attached hydrogens (tertiary/aromatic N) is 1. The number of allylic oxidation sites excluding steroid dienone is 1. The van der Waals surface area contributed by atoms with Gasteiger partial charge in [0.05, 0.1) is 13.7 Å². The van der Waals surface area contributed by atoms with Crippen molar-refractivity contribution in [3.05, 3.63) is 30.4 Å². The lowest BCUT2D eigenvalue weighted by Crippen LogP contribution is -2.27. The Morgan fingerprint density at radius 3 is 2.85 bits per heavy atom. The highest BCUT2D eigenvalue weighted by atomic mass is 32.2. The van der Waals surface area contributed by atoms with E-state index in [0.717, 1.165) is 12.8 Å². The molecule has 20 heavy (non-hydrogen) atoms. The van der Waals surface area contributed by atoms with Crippen LogP contribution in [0, 0.1) is 0 Å². The van der Waals surface area contributed by atoms with E-state index in [2.05, 4.69) is 0 Å². The fraction of sp³-hybridized carbons (Fsp3) is 0.429. The first-order valence-corrected chi connectivity index (χ1v) is 7.92. The molecule has 5 nitrogen and oxygen atoms in total. The van der Waals surface area contributed by atoms with Crippen molar-refractivity contribution in [2.75, 3.05) is 27.3 Å². The van der Waals surface area contributed by atoms with Crippen LogP contribution in [0.5, 0.6) is 11.5 Å². The molecule has 0 unspecified atom stereocenters. The molecule has 1 aliphatic rings. The fourth-order valence-corrected chi connectivity index (χ4v) is 3.16. The van der Waals surface area contributed by atoms with Crippen LogP contribution in [0.15, 0.2) is 35.2 Å². The van der Waals surface area contributed by atoms with E-state index in [1.807, 2.05) is 12.2 Å². The predicted molar refractivity (Wildman–Crippen MR) is 76.7 cm³/mol. The first kappa shape index (κ1) is 14.9. The van der Waals surface area contributed by atoms with E-state index in [1.54, 1.807) is 19.2 Å². The van der Waals surface area contributed by atoms with Crippen LogP contribution in [0.1, 0.15) is 12.8 Å². The maximum atomic E-state index is 12.5. The van der Waals surface area contributed by atoms with Crippen LogP contribution >= 0.6 is 0 Å². The summed E-state index contributed by atoms with van der Waals surface area (Å²) in [5.41, 5.74) is 0. The number of hydrogen-bond donors (Lipinski definition) is 0. The Labute approximate surface area is 119 Å². The van der Waals surface area contributed by atoms with Gasteiger partial charge in [0, 0.05) is 19.7 Å². The van der Waals surface area contributed by atoms with Gasteiger partial charge in [-0.2, -0.15) is 4.31 Å². The van der Waals surface area contributed by atoms with Crippen LogP contribution in [-0.2, 0) is 10.0 Å². The summed E-state index contributed by atoms with van der Waals surface area (Å²) in [5, 5.41) is 0. The zero-order chi connectivity index (χ0) is 14.6. The summed E-state index contributed by atoms with van der Waals surface area (Å²) in [6.45, 7) is 0.831. The third kappa shape index (κ3) is 3.13. The first-order valence-electron chi connectivity index (χ1n) is 6.48. The van der Waals surface area contributed by atoms with Crippen LogP contribution in [0.2, 0.25) is 0 Å². The van der Waals surface area contributed by atoms with Gasteiger partial charge in [-0.05, 0) is 25.0 Å². The van der Waals surface area contributed by atoms with E-state index in [4.69, 9.17) is 9.47 Å². The molecule has 0 N–H and O–H groups in total. The lowest BCUT2D eigenvalue weighted by atomic mass is 10.3. The standard InChI is InChI=1S/C14H19NO4S/c1-15-9-5-3-4-6-10-19-13-11-12(18-2)7-8-14(13)20(15,16)17/h3,5,7-8,11H,4,6,9-10H2,1-2H3. The van der Waals surface area contributed by atoms with Crippen molar-refractivity contribution in [2.45, 2.75) is 17.7 Å². The van der Waals surface area contributed by atoms with Crippen molar-refractivity contribution < 1.29 is 17.9 Å². The minimum Gasteiger partial charge on any atom is -0.497 e. The van der Waals surface area contributed by atoms with E-state index >= 15 is 0 Å².